The van der Waals surface area contributed by atoms with E-state index in [0.29, 0.717) is 6.54 Å². The van der Waals surface area contributed by atoms with Crippen molar-refractivity contribution in [2.24, 2.45) is 0 Å². The Kier molecular flexibility index (Phi) is 8.09. The number of anilines is 1. The van der Waals surface area contributed by atoms with Gasteiger partial charge in [-0.1, -0.05) is 31.5 Å². The highest BCUT2D eigenvalue weighted by atomic mass is 16.4. The minimum Gasteiger partial charge on any atom is -0.473 e. The zero-order valence-electron chi connectivity index (χ0n) is 16.8. The molecule has 2 heterocycles. The van der Waals surface area contributed by atoms with Crippen molar-refractivity contribution in [3.63, 3.8) is 0 Å². The van der Waals surface area contributed by atoms with Crippen LogP contribution < -0.4 is 5.32 Å². The van der Waals surface area contributed by atoms with E-state index in [9.17, 15) is 4.79 Å². The third-order valence-electron chi connectivity index (χ3n) is 4.83. The van der Waals surface area contributed by atoms with Gasteiger partial charge < -0.3 is 15.5 Å². The summed E-state index contributed by atoms with van der Waals surface area (Å²) in [6.45, 7) is 6.70. The number of aromatic nitrogens is 1. The monoisotopic (exact) mass is 401 g/mol. The number of carboxylic acid groups (broad SMARTS) is 2. The molecular weight excluding hydrogens is 374 g/mol. The second-order valence-electron chi connectivity index (χ2n) is 6.92. The molecule has 3 N–H and O–H groups in total. The van der Waals surface area contributed by atoms with Gasteiger partial charge in [-0.3, -0.25) is 14.7 Å². The smallest absolute Gasteiger partial charge is 0.414 e. The summed E-state index contributed by atoms with van der Waals surface area (Å²) in [5, 5.41) is 19.0. The molecule has 8 nitrogen and oxygen atoms in total. The molecule has 1 amide bonds. The molecule has 1 aliphatic heterocycles. The van der Waals surface area contributed by atoms with Gasteiger partial charge in [0.25, 0.3) is 0 Å². The molecule has 0 bridgehead atoms. The van der Waals surface area contributed by atoms with Crippen molar-refractivity contribution in [2.45, 2.75) is 39.5 Å². The number of carboxylic acids is 2. The average molecular weight is 401 g/mol. The third-order valence-corrected chi connectivity index (χ3v) is 4.83. The molecule has 29 heavy (non-hydrogen) atoms. The van der Waals surface area contributed by atoms with Crippen LogP contribution in [0.3, 0.4) is 0 Å². The number of hydrogen-bond donors (Lipinski definition) is 3. The van der Waals surface area contributed by atoms with Gasteiger partial charge >= 0.3 is 11.9 Å². The van der Waals surface area contributed by atoms with Crippen LogP contribution in [0.5, 0.6) is 0 Å². The number of hydrogen-bond acceptors (Lipinski definition) is 5. The van der Waals surface area contributed by atoms with Crippen molar-refractivity contribution in [3.8, 4) is 0 Å². The second kappa shape index (κ2) is 10.5. The number of nitrogens with zero attached hydrogens (tertiary/aromatic N) is 2. The van der Waals surface area contributed by atoms with E-state index in [2.05, 4.69) is 24.1 Å². The average Bonchev–Trinajstić information content (AvgIpc) is 2.71. The number of piperidine rings is 1. The molecule has 2 aromatic rings. The first-order valence-corrected chi connectivity index (χ1v) is 9.70. The zero-order valence-corrected chi connectivity index (χ0v) is 16.8. The van der Waals surface area contributed by atoms with Crippen LogP contribution in [0.4, 0.5) is 5.69 Å². The number of benzene rings is 1. The van der Waals surface area contributed by atoms with Crippen LogP contribution in [-0.2, 0) is 20.8 Å². The fourth-order valence-corrected chi connectivity index (χ4v) is 3.36. The topological polar surface area (TPSA) is 120 Å². The second-order valence-corrected chi connectivity index (χ2v) is 6.92. The maximum absolute atomic E-state index is 12.5. The van der Waals surface area contributed by atoms with Gasteiger partial charge in [0.05, 0.1) is 17.7 Å². The number of pyridine rings is 1. The molecule has 156 valence electrons. The number of amides is 1. The quantitative estimate of drug-likeness (QED) is 0.674. The number of para-hydroxylation sites is 1. The van der Waals surface area contributed by atoms with E-state index in [1.807, 2.05) is 24.3 Å². The lowest BCUT2D eigenvalue weighted by Gasteiger charge is -2.26. The first kappa shape index (κ1) is 22.3. The molecule has 0 atom stereocenters. The Hall–Kier alpha value is -3.00. The molecule has 1 aromatic carbocycles. The summed E-state index contributed by atoms with van der Waals surface area (Å²) >= 11 is 0. The normalized spacial score (nSPS) is 14.0. The largest absolute Gasteiger partial charge is 0.473 e. The van der Waals surface area contributed by atoms with E-state index in [4.69, 9.17) is 24.8 Å². The van der Waals surface area contributed by atoms with E-state index in [1.54, 1.807) is 0 Å². The van der Waals surface area contributed by atoms with Crippen LogP contribution in [0.15, 0.2) is 24.3 Å². The van der Waals surface area contributed by atoms with Gasteiger partial charge in [0.15, 0.2) is 0 Å². The first-order valence-electron chi connectivity index (χ1n) is 9.70. The predicted octanol–water partition coefficient (Wildman–Crippen LogP) is 2.69. The third kappa shape index (κ3) is 6.25. The summed E-state index contributed by atoms with van der Waals surface area (Å²) in [5.74, 6) is -3.57. The van der Waals surface area contributed by atoms with Gasteiger partial charge in [-0.2, -0.15) is 0 Å². The Bertz CT molecular complexity index is 879. The lowest BCUT2D eigenvalue weighted by atomic mass is 10.1. The van der Waals surface area contributed by atoms with Crippen LogP contribution in [0.2, 0.25) is 0 Å². The molecule has 1 fully saturated rings. The van der Waals surface area contributed by atoms with Crippen LogP contribution in [0.1, 0.15) is 37.4 Å². The Balaban J connectivity index is 0.000000438. The van der Waals surface area contributed by atoms with Gasteiger partial charge in [0, 0.05) is 11.1 Å². The molecule has 0 radical (unpaired) electrons. The van der Waals surface area contributed by atoms with Crippen molar-refractivity contribution >= 4 is 34.4 Å². The SMILES string of the molecule is CCc1nc2ccccc2c(NC(=O)CN2CCCCC2)c1C.O=C(O)C(=O)O. The van der Waals surface area contributed by atoms with E-state index >= 15 is 0 Å². The highest BCUT2D eigenvalue weighted by molar-refractivity contribution is 6.27. The lowest BCUT2D eigenvalue weighted by Crippen LogP contribution is -2.37. The van der Waals surface area contributed by atoms with Crippen molar-refractivity contribution in [1.82, 2.24) is 9.88 Å². The maximum atomic E-state index is 12.5. The number of aliphatic carboxylic acids is 2. The zero-order chi connectivity index (χ0) is 21.4. The number of nitrogens with one attached hydrogen (secondary N) is 1. The lowest BCUT2D eigenvalue weighted by molar-refractivity contribution is -0.159. The summed E-state index contributed by atoms with van der Waals surface area (Å²) in [6.07, 6.45) is 4.55. The number of aryl methyl sites for hydroxylation is 1. The summed E-state index contributed by atoms with van der Waals surface area (Å²) in [7, 11) is 0. The van der Waals surface area contributed by atoms with Crippen LogP contribution >= 0.6 is 0 Å². The number of rotatable bonds is 4. The molecule has 1 aromatic heterocycles. The molecule has 0 spiro atoms. The van der Waals surface area contributed by atoms with E-state index in [-0.39, 0.29) is 5.91 Å². The summed E-state index contributed by atoms with van der Waals surface area (Å²) in [6, 6.07) is 8.03. The first-order chi connectivity index (χ1) is 13.8. The fraction of sp³-hybridized carbons (Fsp3) is 0.429. The van der Waals surface area contributed by atoms with Gasteiger partial charge in [0.1, 0.15) is 0 Å². The summed E-state index contributed by atoms with van der Waals surface area (Å²) < 4.78 is 0. The minimum atomic E-state index is -1.82. The number of fused-ring (bicyclic) bond motifs is 1. The Morgan fingerprint density at radius 2 is 1.69 bits per heavy atom. The van der Waals surface area contributed by atoms with Crippen molar-refractivity contribution in [2.75, 3.05) is 25.0 Å². The minimum absolute atomic E-state index is 0.0772. The van der Waals surface area contributed by atoms with Gasteiger partial charge in [0.2, 0.25) is 5.91 Å². The predicted molar refractivity (Wildman–Crippen MR) is 110 cm³/mol. The van der Waals surface area contributed by atoms with E-state index in [0.717, 1.165) is 47.4 Å². The number of carbonyl (C=O) groups excluding carboxylic acids is 1. The molecule has 0 saturated carbocycles. The summed E-state index contributed by atoms with van der Waals surface area (Å²) in [5.41, 5.74) is 4.01. The number of carbonyl (C=O) groups is 3. The van der Waals surface area contributed by atoms with Crippen LogP contribution in [-0.4, -0.2) is 57.6 Å². The maximum Gasteiger partial charge on any atom is 0.414 e. The Morgan fingerprint density at radius 1 is 1.07 bits per heavy atom. The van der Waals surface area contributed by atoms with E-state index < -0.39 is 11.9 Å². The Morgan fingerprint density at radius 3 is 2.28 bits per heavy atom. The molecular formula is C21H27N3O5. The molecule has 3 rings (SSSR count). The number of likely N-dealkylation sites (tertiary alicyclic amines) is 1. The van der Waals surface area contributed by atoms with E-state index in [1.165, 1.54) is 19.3 Å². The molecule has 1 aliphatic rings. The van der Waals surface area contributed by atoms with Crippen LogP contribution in [0.25, 0.3) is 10.9 Å². The van der Waals surface area contributed by atoms with Crippen LogP contribution in [0, 0.1) is 6.92 Å². The van der Waals surface area contributed by atoms with Crippen molar-refractivity contribution in [3.05, 3.63) is 35.5 Å². The molecule has 0 unspecified atom stereocenters. The summed E-state index contributed by atoms with van der Waals surface area (Å²) in [4.78, 5) is 37.7. The highest BCUT2D eigenvalue weighted by Crippen LogP contribution is 2.28. The fourth-order valence-electron chi connectivity index (χ4n) is 3.36. The molecule has 8 heteroatoms. The van der Waals surface area contributed by atoms with Gasteiger partial charge in [-0.15, -0.1) is 0 Å². The molecule has 1 saturated heterocycles. The molecule has 0 aliphatic carbocycles. The highest BCUT2D eigenvalue weighted by Gasteiger charge is 2.17. The van der Waals surface area contributed by atoms with Crippen molar-refractivity contribution < 1.29 is 24.6 Å². The Labute approximate surface area is 169 Å². The van der Waals surface area contributed by atoms with Crippen molar-refractivity contribution in [1.29, 1.82) is 0 Å². The van der Waals surface area contributed by atoms with Gasteiger partial charge in [-0.05, 0) is 50.9 Å². The van der Waals surface area contributed by atoms with Gasteiger partial charge in [-0.25, -0.2) is 9.59 Å². The standard InChI is InChI=1S/C19H25N3O.C2H2O4/c1-3-16-14(2)19(15-9-5-6-10-17(15)20-16)21-18(23)13-22-11-7-4-8-12-22;3-1(4)2(5)6/h5-6,9-10H,3-4,7-8,11-13H2,1-2H3,(H,20,21,23);(H,3,4)(H,5,6).